The quantitative estimate of drug-likeness (QED) is 0.788. The van der Waals surface area contributed by atoms with Crippen molar-refractivity contribution in [2.75, 3.05) is 26.2 Å². The van der Waals surface area contributed by atoms with Crippen molar-refractivity contribution < 1.29 is 5.11 Å². The predicted molar refractivity (Wildman–Crippen MR) is 75.7 cm³/mol. The van der Waals surface area contributed by atoms with Crippen LogP contribution in [0.5, 0.6) is 0 Å². The molecule has 18 heavy (non-hydrogen) atoms. The molecule has 0 saturated carbocycles. The maximum absolute atomic E-state index is 10.5. The van der Waals surface area contributed by atoms with Crippen molar-refractivity contribution in [3.8, 4) is 0 Å². The minimum absolute atomic E-state index is 0.467. The first-order chi connectivity index (χ1) is 8.67. The average Bonchev–Trinajstić information content (AvgIpc) is 2.93. The molecule has 0 radical (unpaired) electrons. The summed E-state index contributed by atoms with van der Waals surface area (Å²) in [5.41, 5.74) is -0.467. The lowest BCUT2D eigenvalue weighted by molar-refractivity contribution is -0.0156. The molecule has 2 aliphatic rings. The standard InChI is InChI=1S/C15H30N2O/c1-3-15(18,4-2)12-17-10-6-7-13(11-17)14-8-5-9-16-14/h13-14,16,18H,3-12H2,1-2H3. The SMILES string of the molecule is CCC(O)(CC)CN1CCCC(C2CCCN2)C1. The van der Waals surface area contributed by atoms with Gasteiger partial charge in [-0.2, -0.15) is 0 Å². The molecule has 0 aliphatic carbocycles. The van der Waals surface area contributed by atoms with E-state index in [1.165, 1.54) is 45.3 Å². The van der Waals surface area contributed by atoms with E-state index in [0.717, 1.165) is 31.3 Å². The summed E-state index contributed by atoms with van der Waals surface area (Å²) in [6.45, 7) is 8.62. The van der Waals surface area contributed by atoms with Crippen LogP contribution >= 0.6 is 0 Å². The van der Waals surface area contributed by atoms with Crippen LogP contribution in [0.4, 0.5) is 0 Å². The van der Waals surface area contributed by atoms with E-state index < -0.39 is 5.60 Å². The lowest BCUT2D eigenvalue weighted by atomic mass is 9.88. The molecule has 0 bridgehead atoms. The number of hydrogen-bond acceptors (Lipinski definition) is 3. The van der Waals surface area contributed by atoms with Crippen molar-refractivity contribution in [1.29, 1.82) is 0 Å². The van der Waals surface area contributed by atoms with E-state index in [1.54, 1.807) is 0 Å². The third-order valence-electron chi connectivity index (χ3n) is 5.04. The first-order valence-electron chi connectivity index (χ1n) is 7.85. The number of rotatable bonds is 5. The molecule has 0 aromatic heterocycles. The van der Waals surface area contributed by atoms with Gasteiger partial charge in [0, 0.05) is 19.1 Å². The van der Waals surface area contributed by atoms with E-state index in [2.05, 4.69) is 24.1 Å². The highest BCUT2D eigenvalue weighted by molar-refractivity contribution is 4.88. The third kappa shape index (κ3) is 3.46. The molecule has 2 saturated heterocycles. The Balaban J connectivity index is 1.86. The van der Waals surface area contributed by atoms with Gasteiger partial charge in [-0.05, 0) is 57.5 Å². The van der Waals surface area contributed by atoms with Crippen molar-refractivity contribution >= 4 is 0 Å². The Hall–Kier alpha value is -0.120. The van der Waals surface area contributed by atoms with Crippen molar-refractivity contribution in [2.24, 2.45) is 5.92 Å². The zero-order chi connectivity index (χ0) is 13.0. The number of nitrogens with one attached hydrogen (secondary N) is 1. The molecule has 0 aromatic rings. The molecular weight excluding hydrogens is 224 g/mol. The van der Waals surface area contributed by atoms with Gasteiger partial charge < -0.3 is 15.3 Å². The summed E-state index contributed by atoms with van der Waals surface area (Å²) in [7, 11) is 0. The maximum Gasteiger partial charge on any atom is 0.0768 e. The van der Waals surface area contributed by atoms with Crippen molar-refractivity contribution in [3.05, 3.63) is 0 Å². The molecule has 2 atom stereocenters. The Bertz CT molecular complexity index is 247. The van der Waals surface area contributed by atoms with Crippen LogP contribution < -0.4 is 5.32 Å². The van der Waals surface area contributed by atoms with Gasteiger partial charge in [-0.3, -0.25) is 0 Å². The topological polar surface area (TPSA) is 35.5 Å². The first-order valence-corrected chi connectivity index (χ1v) is 7.85. The highest BCUT2D eigenvalue weighted by atomic mass is 16.3. The second-order valence-electron chi connectivity index (χ2n) is 6.27. The van der Waals surface area contributed by atoms with Crippen LogP contribution in [-0.4, -0.2) is 47.8 Å². The minimum atomic E-state index is -0.467. The molecule has 2 heterocycles. The highest BCUT2D eigenvalue weighted by Crippen LogP contribution is 2.26. The second kappa shape index (κ2) is 6.36. The van der Waals surface area contributed by atoms with Gasteiger partial charge >= 0.3 is 0 Å². The van der Waals surface area contributed by atoms with Crippen LogP contribution in [0.1, 0.15) is 52.4 Å². The second-order valence-corrected chi connectivity index (χ2v) is 6.27. The van der Waals surface area contributed by atoms with Gasteiger partial charge in [-0.1, -0.05) is 13.8 Å². The number of piperidine rings is 1. The zero-order valence-corrected chi connectivity index (χ0v) is 12.1. The maximum atomic E-state index is 10.5. The van der Waals surface area contributed by atoms with Gasteiger partial charge in [0.2, 0.25) is 0 Å². The van der Waals surface area contributed by atoms with Crippen LogP contribution in [0.2, 0.25) is 0 Å². The summed E-state index contributed by atoms with van der Waals surface area (Å²) >= 11 is 0. The van der Waals surface area contributed by atoms with Crippen LogP contribution in [0.15, 0.2) is 0 Å². The van der Waals surface area contributed by atoms with E-state index in [1.807, 2.05) is 0 Å². The number of aliphatic hydroxyl groups is 1. The monoisotopic (exact) mass is 254 g/mol. The van der Waals surface area contributed by atoms with Crippen LogP contribution in [0, 0.1) is 5.92 Å². The van der Waals surface area contributed by atoms with Gasteiger partial charge in [0.25, 0.3) is 0 Å². The van der Waals surface area contributed by atoms with E-state index in [9.17, 15) is 5.11 Å². The molecule has 0 aromatic carbocycles. The molecule has 106 valence electrons. The van der Waals surface area contributed by atoms with Gasteiger partial charge in [-0.15, -0.1) is 0 Å². The summed E-state index contributed by atoms with van der Waals surface area (Å²) in [5.74, 6) is 0.805. The van der Waals surface area contributed by atoms with Crippen molar-refractivity contribution in [3.63, 3.8) is 0 Å². The fourth-order valence-corrected chi connectivity index (χ4v) is 3.57. The first kappa shape index (κ1) is 14.3. The van der Waals surface area contributed by atoms with Crippen LogP contribution in [0.3, 0.4) is 0 Å². The molecule has 2 N–H and O–H groups in total. The van der Waals surface area contributed by atoms with E-state index in [4.69, 9.17) is 0 Å². The van der Waals surface area contributed by atoms with Crippen molar-refractivity contribution in [1.82, 2.24) is 10.2 Å². The molecule has 2 unspecified atom stereocenters. The molecule has 0 amide bonds. The predicted octanol–water partition coefficient (Wildman–Crippen LogP) is 2.00. The fraction of sp³-hybridized carbons (Fsp3) is 1.00. The Morgan fingerprint density at radius 2 is 2.00 bits per heavy atom. The molecular formula is C15H30N2O. The van der Waals surface area contributed by atoms with Crippen LogP contribution in [0.25, 0.3) is 0 Å². The Morgan fingerprint density at radius 1 is 1.22 bits per heavy atom. The average molecular weight is 254 g/mol. The Kier molecular flexibility index (Phi) is 5.05. The summed E-state index contributed by atoms with van der Waals surface area (Å²) in [6.07, 6.45) is 7.09. The largest absolute Gasteiger partial charge is 0.389 e. The van der Waals surface area contributed by atoms with E-state index >= 15 is 0 Å². The number of likely N-dealkylation sites (tertiary alicyclic amines) is 1. The molecule has 2 rings (SSSR count). The Labute approximate surface area is 112 Å². The lowest BCUT2D eigenvalue weighted by Gasteiger charge is -2.40. The fourth-order valence-electron chi connectivity index (χ4n) is 3.57. The number of nitrogens with zero attached hydrogens (tertiary/aromatic N) is 1. The molecule has 2 aliphatic heterocycles. The summed E-state index contributed by atoms with van der Waals surface area (Å²) < 4.78 is 0. The van der Waals surface area contributed by atoms with E-state index in [-0.39, 0.29) is 0 Å². The summed E-state index contributed by atoms with van der Waals surface area (Å²) in [5, 5.41) is 14.1. The Morgan fingerprint density at radius 3 is 2.61 bits per heavy atom. The molecule has 3 heteroatoms. The van der Waals surface area contributed by atoms with Gasteiger partial charge in [0.15, 0.2) is 0 Å². The van der Waals surface area contributed by atoms with Crippen LogP contribution in [-0.2, 0) is 0 Å². The highest BCUT2D eigenvalue weighted by Gasteiger charge is 2.32. The number of β-amino-alcohol motifs (C(OH)–C–C–N with tert-alkyl or cyclic N) is 1. The molecule has 3 nitrogen and oxygen atoms in total. The van der Waals surface area contributed by atoms with Gasteiger partial charge in [0.1, 0.15) is 0 Å². The summed E-state index contributed by atoms with van der Waals surface area (Å²) in [4.78, 5) is 2.50. The zero-order valence-electron chi connectivity index (χ0n) is 12.1. The summed E-state index contributed by atoms with van der Waals surface area (Å²) in [6, 6.07) is 0.740. The minimum Gasteiger partial charge on any atom is -0.389 e. The van der Waals surface area contributed by atoms with Gasteiger partial charge in [-0.25, -0.2) is 0 Å². The lowest BCUT2D eigenvalue weighted by Crippen LogP contribution is -2.49. The number of hydrogen-bond donors (Lipinski definition) is 2. The smallest absolute Gasteiger partial charge is 0.0768 e. The van der Waals surface area contributed by atoms with E-state index in [0.29, 0.717) is 0 Å². The third-order valence-corrected chi connectivity index (χ3v) is 5.04. The van der Waals surface area contributed by atoms with Crippen molar-refractivity contribution in [2.45, 2.75) is 64.0 Å². The van der Waals surface area contributed by atoms with Gasteiger partial charge in [0.05, 0.1) is 5.60 Å². The molecule has 0 spiro atoms. The molecule has 2 fully saturated rings. The normalized spacial score (nSPS) is 30.8.